The Bertz CT molecular complexity index is 672. The lowest BCUT2D eigenvalue weighted by Crippen LogP contribution is -2.30. The van der Waals surface area contributed by atoms with Gasteiger partial charge < -0.3 is 10.6 Å². The van der Waals surface area contributed by atoms with Crippen LogP contribution in [-0.2, 0) is 6.42 Å². The van der Waals surface area contributed by atoms with E-state index in [4.69, 9.17) is 0 Å². The number of hydrogen-bond donors (Lipinski definition) is 2. The Balaban J connectivity index is 1.77. The monoisotopic (exact) mass is 326 g/mol. The first-order valence-electron chi connectivity index (χ1n) is 8.76. The van der Waals surface area contributed by atoms with E-state index in [0.717, 1.165) is 37.3 Å². The number of aromatic nitrogens is 2. The van der Waals surface area contributed by atoms with Crippen LogP contribution >= 0.6 is 0 Å². The van der Waals surface area contributed by atoms with Crippen LogP contribution in [0, 0.1) is 11.8 Å². The van der Waals surface area contributed by atoms with Crippen LogP contribution in [0.4, 0.5) is 0 Å². The van der Waals surface area contributed by atoms with E-state index >= 15 is 0 Å². The minimum absolute atomic E-state index is 0.0819. The first-order valence-corrected chi connectivity index (χ1v) is 8.76. The maximum atomic E-state index is 12.5. The van der Waals surface area contributed by atoms with Gasteiger partial charge in [0.2, 0.25) is 0 Å². The van der Waals surface area contributed by atoms with Crippen molar-refractivity contribution in [2.24, 2.45) is 11.8 Å². The number of benzene rings is 1. The van der Waals surface area contributed by atoms with Gasteiger partial charge in [0.1, 0.15) is 0 Å². The molecule has 1 aliphatic rings. The first kappa shape index (κ1) is 16.7. The lowest BCUT2D eigenvalue weighted by molar-refractivity contribution is 0.0943. The van der Waals surface area contributed by atoms with Crippen LogP contribution in [0.3, 0.4) is 0 Å². The van der Waals surface area contributed by atoms with Gasteiger partial charge >= 0.3 is 0 Å². The van der Waals surface area contributed by atoms with Crippen LogP contribution in [0.25, 0.3) is 5.69 Å². The Morgan fingerprint density at radius 1 is 1.38 bits per heavy atom. The SMILES string of the molecule is CC(C)Cc1cc(C(=O)NC[C@H]2CCNC2)nn1-c1ccccc1. The van der Waals surface area contributed by atoms with Gasteiger partial charge in [0.15, 0.2) is 5.69 Å². The van der Waals surface area contributed by atoms with E-state index in [2.05, 4.69) is 29.6 Å². The van der Waals surface area contributed by atoms with Gasteiger partial charge in [-0.3, -0.25) is 4.79 Å². The summed E-state index contributed by atoms with van der Waals surface area (Å²) in [4.78, 5) is 12.5. The molecule has 1 aromatic carbocycles. The second-order valence-corrected chi connectivity index (χ2v) is 6.94. The minimum Gasteiger partial charge on any atom is -0.350 e. The van der Waals surface area contributed by atoms with E-state index in [1.54, 1.807) is 0 Å². The maximum absolute atomic E-state index is 12.5. The van der Waals surface area contributed by atoms with Crippen molar-refractivity contribution in [3.63, 3.8) is 0 Å². The summed E-state index contributed by atoms with van der Waals surface area (Å²) < 4.78 is 1.89. The van der Waals surface area contributed by atoms with Crippen molar-refractivity contribution in [3.8, 4) is 5.69 Å². The number of carbonyl (C=O) groups is 1. The summed E-state index contributed by atoms with van der Waals surface area (Å²) in [7, 11) is 0. The van der Waals surface area contributed by atoms with Crippen molar-refractivity contribution in [2.75, 3.05) is 19.6 Å². The topological polar surface area (TPSA) is 59.0 Å². The number of amides is 1. The molecule has 2 heterocycles. The molecule has 1 atom stereocenters. The third kappa shape index (κ3) is 4.03. The highest BCUT2D eigenvalue weighted by Gasteiger charge is 2.19. The Morgan fingerprint density at radius 3 is 2.83 bits per heavy atom. The molecule has 24 heavy (non-hydrogen) atoms. The molecule has 1 saturated heterocycles. The minimum atomic E-state index is -0.0819. The Morgan fingerprint density at radius 2 is 2.17 bits per heavy atom. The van der Waals surface area contributed by atoms with Gasteiger partial charge in [-0.15, -0.1) is 0 Å². The molecular weight excluding hydrogens is 300 g/mol. The molecule has 1 fully saturated rings. The van der Waals surface area contributed by atoms with Crippen LogP contribution in [0.2, 0.25) is 0 Å². The predicted octanol–water partition coefficient (Wildman–Crippen LogP) is 2.41. The average Bonchev–Trinajstić information content (AvgIpc) is 3.22. The Hall–Kier alpha value is -2.14. The second-order valence-electron chi connectivity index (χ2n) is 6.94. The fourth-order valence-corrected chi connectivity index (χ4v) is 3.10. The van der Waals surface area contributed by atoms with Gasteiger partial charge in [-0.25, -0.2) is 4.68 Å². The molecule has 5 nitrogen and oxygen atoms in total. The molecule has 2 aromatic rings. The van der Waals surface area contributed by atoms with Crippen LogP contribution in [0.15, 0.2) is 36.4 Å². The molecular formula is C19H26N4O. The fourth-order valence-electron chi connectivity index (χ4n) is 3.10. The number of nitrogens with one attached hydrogen (secondary N) is 2. The van der Waals surface area contributed by atoms with E-state index in [-0.39, 0.29) is 5.91 Å². The van der Waals surface area contributed by atoms with Crippen molar-refractivity contribution < 1.29 is 4.79 Å². The van der Waals surface area contributed by atoms with Crippen molar-refractivity contribution >= 4 is 5.91 Å². The summed E-state index contributed by atoms with van der Waals surface area (Å²) in [5, 5.41) is 10.9. The molecule has 0 bridgehead atoms. The van der Waals surface area contributed by atoms with E-state index in [1.807, 2.05) is 41.1 Å². The molecule has 1 aromatic heterocycles. The number of hydrogen-bond acceptors (Lipinski definition) is 3. The molecule has 3 rings (SSSR count). The Labute approximate surface area is 143 Å². The van der Waals surface area contributed by atoms with Crippen molar-refractivity contribution in [1.29, 1.82) is 0 Å². The molecule has 0 radical (unpaired) electrons. The zero-order valence-electron chi connectivity index (χ0n) is 14.5. The molecule has 5 heteroatoms. The quantitative estimate of drug-likeness (QED) is 0.857. The lowest BCUT2D eigenvalue weighted by atomic mass is 10.1. The number of rotatable bonds is 6. The molecule has 0 saturated carbocycles. The molecule has 0 aliphatic carbocycles. The zero-order valence-corrected chi connectivity index (χ0v) is 14.5. The Kier molecular flexibility index (Phi) is 5.30. The maximum Gasteiger partial charge on any atom is 0.271 e. The van der Waals surface area contributed by atoms with Gasteiger partial charge in [0.05, 0.1) is 5.69 Å². The summed E-state index contributed by atoms with van der Waals surface area (Å²) in [5.74, 6) is 0.950. The summed E-state index contributed by atoms with van der Waals surface area (Å²) in [6.07, 6.45) is 2.01. The van der Waals surface area contributed by atoms with E-state index in [0.29, 0.717) is 24.1 Å². The van der Waals surface area contributed by atoms with Crippen molar-refractivity contribution in [3.05, 3.63) is 47.8 Å². The van der Waals surface area contributed by atoms with E-state index in [9.17, 15) is 4.79 Å². The smallest absolute Gasteiger partial charge is 0.271 e. The third-order valence-electron chi connectivity index (χ3n) is 4.35. The van der Waals surface area contributed by atoms with E-state index in [1.165, 1.54) is 0 Å². The summed E-state index contributed by atoms with van der Waals surface area (Å²) in [5.41, 5.74) is 2.57. The molecule has 1 amide bonds. The van der Waals surface area contributed by atoms with Gasteiger partial charge in [-0.1, -0.05) is 32.0 Å². The fraction of sp³-hybridized carbons (Fsp3) is 0.474. The highest BCUT2D eigenvalue weighted by atomic mass is 16.1. The average molecular weight is 326 g/mol. The lowest BCUT2D eigenvalue weighted by Gasteiger charge is -2.09. The molecule has 0 spiro atoms. The molecule has 2 N–H and O–H groups in total. The highest BCUT2D eigenvalue weighted by molar-refractivity contribution is 5.92. The number of carbonyl (C=O) groups excluding carboxylic acids is 1. The van der Waals surface area contributed by atoms with Crippen LogP contribution < -0.4 is 10.6 Å². The molecule has 128 valence electrons. The number of para-hydroxylation sites is 1. The third-order valence-corrected chi connectivity index (χ3v) is 4.35. The van der Waals surface area contributed by atoms with Gasteiger partial charge in [0.25, 0.3) is 5.91 Å². The van der Waals surface area contributed by atoms with Crippen molar-refractivity contribution in [1.82, 2.24) is 20.4 Å². The zero-order chi connectivity index (χ0) is 16.9. The van der Waals surface area contributed by atoms with Crippen LogP contribution in [-0.4, -0.2) is 35.3 Å². The normalized spacial score (nSPS) is 17.4. The highest BCUT2D eigenvalue weighted by Crippen LogP contribution is 2.16. The van der Waals surface area contributed by atoms with Gasteiger partial charge in [-0.05, 0) is 56.0 Å². The van der Waals surface area contributed by atoms with Gasteiger partial charge in [0, 0.05) is 12.2 Å². The standard InChI is InChI=1S/C19H26N4O/c1-14(2)10-17-11-18(19(24)21-13-15-8-9-20-12-15)22-23(17)16-6-4-3-5-7-16/h3-7,11,14-15,20H,8-10,12-13H2,1-2H3,(H,21,24)/t15-/m0/s1. The molecule has 1 aliphatic heterocycles. The van der Waals surface area contributed by atoms with Crippen LogP contribution in [0.5, 0.6) is 0 Å². The first-order chi connectivity index (χ1) is 11.6. The summed E-state index contributed by atoms with van der Waals surface area (Å²) in [6.45, 7) is 7.09. The molecule has 0 unspecified atom stereocenters. The van der Waals surface area contributed by atoms with Gasteiger partial charge in [-0.2, -0.15) is 5.10 Å². The van der Waals surface area contributed by atoms with E-state index < -0.39 is 0 Å². The van der Waals surface area contributed by atoms with Crippen molar-refractivity contribution in [2.45, 2.75) is 26.7 Å². The van der Waals surface area contributed by atoms with Crippen LogP contribution in [0.1, 0.15) is 36.5 Å². The summed E-state index contributed by atoms with van der Waals surface area (Å²) >= 11 is 0. The largest absolute Gasteiger partial charge is 0.350 e. The second kappa shape index (κ2) is 7.62. The summed E-state index contributed by atoms with van der Waals surface area (Å²) in [6, 6.07) is 11.9. The number of nitrogens with zero attached hydrogens (tertiary/aromatic N) is 2. The predicted molar refractivity (Wildman–Crippen MR) is 95.4 cm³/mol.